The van der Waals surface area contributed by atoms with E-state index in [1.807, 2.05) is 31.0 Å². The number of benzene rings is 1. The van der Waals surface area contributed by atoms with Gasteiger partial charge in [-0.05, 0) is 30.4 Å². The number of aromatic nitrogens is 3. The van der Waals surface area contributed by atoms with Crippen molar-refractivity contribution in [2.45, 2.75) is 38.8 Å². The molecule has 0 saturated carbocycles. The fraction of sp³-hybridized carbons (Fsp3) is 0.346. The highest BCUT2D eigenvalue weighted by atomic mass is 32.1. The lowest BCUT2D eigenvalue weighted by molar-refractivity contribution is -0.135. The van der Waals surface area contributed by atoms with E-state index < -0.39 is 12.1 Å². The second-order valence-electron chi connectivity index (χ2n) is 9.12. The van der Waals surface area contributed by atoms with E-state index in [4.69, 9.17) is 4.74 Å². The Morgan fingerprint density at radius 2 is 2.03 bits per heavy atom. The van der Waals surface area contributed by atoms with Crippen LogP contribution >= 0.6 is 11.3 Å². The van der Waals surface area contributed by atoms with Crippen LogP contribution in [0.15, 0.2) is 54.2 Å². The number of methoxy groups -OCH3 is 1. The molecule has 0 bridgehead atoms. The van der Waals surface area contributed by atoms with E-state index in [0.29, 0.717) is 6.54 Å². The van der Waals surface area contributed by atoms with Gasteiger partial charge in [0.1, 0.15) is 22.5 Å². The molecule has 3 aromatic heterocycles. The Labute approximate surface area is 207 Å². The van der Waals surface area contributed by atoms with Gasteiger partial charge >= 0.3 is 6.09 Å². The van der Waals surface area contributed by atoms with Gasteiger partial charge in [0.25, 0.3) is 0 Å². The van der Waals surface area contributed by atoms with Crippen LogP contribution in [0.5, 0.6) is 0 Å². The van der Waals surface area contributed by atoms with Gasteiger partial charge < -0.3 is 19.9 Å². The maximum absolute atomic E-state index is 13.4. The molecule has 1 aliphatic rings. The highest BCUT2D eigenvalue weighted by molar-refractivity contribution is 7.17. The number of hydrogen-bond acceptors (Lipinski definition) is 5. The van der Waals surface area contributed by atoms with E-state index in [-0.39, 0.29) is 17.9 Å². The van der Waals surface area contributed by atoms with Crippen LogP contribution < -0.4 is 5.32 Å². The lowest BCUT2D eigenvalue weighted by Gasteiger charge is -2.29. The number of amides is 2. The average Bonchev–Trinajstić information content (AvgIpc) is 3.65. The molecular weight excluding hydrogens is 462 g/mol. The first-order chi connectivity index (χ1) is 17.0. The third-order valence-corrected chi connectivity index (χ3v) is 7.58. The van der Waals surface area contributed by atoms with E-state index in [2.05, 4.69) is 61.8 Å². The summed E-state index contributed by atoms with van der Waals surface area (Å²) in [5.41, 5.74) is 2.41. The minimum atomic E-state index is -0.649. The first kappa shape index (κ1) is 23.2. The number of fused-ring (bicyclic) bond motifs is 1. The molecule has 2 amide bonds. The maximum atomic E-state index is 13.4. The fourth-order valence-corrected chi connectivity index (χ4v) is 5.83. The van der Waals surface area contributed by atoms with Crippen LogP contribution in [0.2, 0.25) is 0 Å². The fourth-order valence-electron chi connectivity index (χ4n) is 4.76. The zero-order chi connectivity index (χ0) is 24.5. The van der Waals surface area contributed by atoms with Gasteiger partial charge in [0, 0.05) is 29.1 Å². The largest absolute Gasteiger partial charge is 0.453 e. The predicted octanol–water partition coefficient (Wildman–Crippen LogP) is 5.13. The summed E-state index contributed by atoms with van der Waals surface area (Å²) in [6.45, 7) is 4.46. The maximum Gasteiger partial charge on any atom is 0.407 e. The Hall–Kier alpha value is -3.59. The first-order valence-corrected chi connectivity index (χ1v) is 12.7. The van der Waals surface area contributed by atoms with Gasteiger partial charge in [-0.3, -0.25) is 9.36 Å². The van der Waals surface area contributed by atoms with Gasteiger partial charge in [0.05, 0.1) is 19.3 Å². The molecule has 182 valence electrons. The lowest BCUT2D eigenvalue weighted by atomic mass is 10.0. The molecule has 2 unspecified atom stereocenters. The van der Waals surface area contributed by atoms with Crippen LogP contribution in [-0.2, 0) is 9.53 Å². The summed E-state index contributed by atoms with van der Waals surface area (Å²) in [6.07, 6.45) is 4.98. The van der Waals surface area contributed by atoms with Crippen LogP contribution in [0.25, 0.3) is 27.2 Å². The highest BCUT2D eigenvalue weighted by Crippen LogP contribution is 2.37. The zero-order valence-corrected chi connectivity index (χ0v) is 20.8. The molecule has 1 saturated heterocycles. The minimum Gasteiger partial charge on any atom is -0.453 e. The van der Waals surface area contributed by atoms with Crippen molar-refractivity contribution in [2.75, 3.05) is 13.7 Å². The Kier molecular flexibility index (Phi) is 6.34. The molecule has 5 rings (SSSR count). The van der Waals surface area contributed by atoms with E-state index in [1.54, 1.807) is 11.3 Å². The van der Waals surface area contributed by atoms with Gasteiger partial charge in [-0.25, -0.2) is 9.78 Å². The summed E-state index contributed by atoms with van der Waals surface area (Å²) >= 11 is 1.70. The SMILES string of the molecule is COC(=O)NC(C(=O)N1CCCC1c1ncc(-n2ccc3c(-c4ccccc4)csc32)[nH]1)C(C)C. The smallest absolute Gasteiger partial charge is 0.407 e. The Morgan fingerprint density at radius 3 is 2.77 bits per heavy atom. The zero-order valence-electron chi connectivity index (χ0n) is 20.0. The quantitative estimate of drug-likeness (QED) is 0.391. The molecule has 4 aromatic rings. The summed E-state index contributed by atoms with van der Waals surface area (Å²) in [4.78, 5) is 36.3. The van der Waals surface area contributed by atoms with Crippen molar-refractivity contribution < 1.29 is 14.3 Å². The number of nitrogens with zero attached hydrogens (tertiary/aromatic N) is 3. The summed E-state index contributed by atoms with van der Waals surface area (Å²) < 4.78 is 6.83. The number of carbonyl (C=O) groups is 2. The molecule has 1 fully saturated rings. The van der Waals surface area contributed by atoms with Gasteiger partial charge in [-0.15, -0.1) is 11.3 Å². The number of hydrogen-bond donors (Lipinski definition) is 2. The molecular formula is C26H29N5O3S. The van der Waals surface area contributed by atoms with Gasteiger partial charge in [-0.1, -0.05) is 44.2 Å². The number of ether oxygens (including phenoxy) is 1. The van der Waals surface area contributed by atoms with Crippen molar-refractivity contribution in [1.82, 2.24) is 24.8 Å². The second kappa shape index (κ2) is 9.58. The van der Waals surface area contributed by atoms with Crippen LogP contribution in [0.4, 0.5) is 4.79 Å². The summed E-state index contributed by atoms with van der Waals surface area (Å²) in [6, 6.07) is 11.7. The minimum absolute atomic E-state index is 0.0687. The third kappa shape index (κ3) is 4.32. The average molecular weight is 492 g/mol. The Balaban J connectivity index is 1.40. The molecule has 2 N–H and O–H groups in total. The number of imidazole rings is 1. The van der Waals surface area contributed by atoms with E-state index >= 15 is 0 Å². The topological polar surface area (TPSA) is 92.2 Å². The molecule has 0 spiro atoms. The number of carbonyl (C=O) groups excluding carboxylic acids is 2. The summed E-state index contributed by atoms with van der Waals surface area (Å²) in [7, 11) is 1.30. The van der Waals surface area contributed by atoms with Crippen molar-refractivity contribution >= 4 is 33.6 Å². The predicted molar refractivity (Wildman–Crippen MR) is 137 cm³/mol. The first-order valence-electron chi connectivity index (χ1n) is 11.8. The number of nitrogens with one attached hydrogen (secondary N) is 2. The molecule has 1 aromatic carbocycles. The molecule has 0 aliphatic carbocycles. The standard InChI is InChI=1S/C26H29N5O3S/c1-16(2)22(29-26(33)34-3)24(32)30-12-7-10-20(30)23-27-14-21(28-23)31-13-11-18-19(15-35-25(18)31)17-8-5-4-6-9-17/h4-6,8-9,11,13-16,20,22H,7,10,12H2,1-3H3,(H,27,28)(H,29,33). The van der Waals surface area contributed by atoms with Crippen molar-refractivity contribution in [2.24, 2.45) is 5.92 Å². The van der Waals surface area contributed by atoms with E-state index in [1.165, 1.54) is 23.6 Å². The van der Waals surface area contributed by atoms with Crippen molar-refractivity contribution in [3.8, 4) is 16.9 Å². The van der Waals surface area contributed by atoms with Crippen molar-refractivity contribution in [1.29, 1.82) is 0 Å². The number of aromatic amines is 1. The van der Waals surface area contributed by atoms with Crippen LogP contribution in [0, 0.1) is 5.92 Å². The normalized spacial score (nSPS) is 16.7. The number of alkyl carbamates (subject to hydrolysis) is 1. The monoisotopic (exact) mass is 491 g/mol. The summed E-state index contributed by atoms with van der Waals surface area (Å²) in [5.74, 6) is 1.44. The third-order valence-electron chi connectivity index (χ3n) is 6.59. The molecule has 2 atom stereocenters. The van der Waals surface area contributed by atoms with Gasteiger partial charge in [0.15, 0.2) is 0 Å². The number of rotatable bonds is 6. The van der Waals surface area contributed by atoms with Crippen molar-refractivity contribution in [3.05, 3.63) is 60.0 Å². The second-order valence-corrected chi connectivity index (χ2v) is 9.98. The van der Waals surface area contributed by atoms with E-state index in [0.717, 1.165) is 29.3 Å². The highest BCUT2D eigenvalue weighted by Gasteiger charge is 2.37. The molecule has 1 aliphatic heterocycles. The molecule has 4 heterocycles. The van der Waals surface area contributed by atoms with E-state index in [9.17, 15) is 9.59 Å². The van der Waals surface area contributed by atoms with Gasteiger partial charge in [0.2, 0.25) is 5.91 Å². The molecule has 0 radical (unpaired) electrons. The van der Waals surface area contributed by atoms with Crippen LogP contribution in [0.3, 0.4) is 0 Å². The van der Waals surface area contributed by atoms with Gasteiger partial charge in [-0.2, -0.15) is 0 Å². The molecule has 35 heavy (non-hydrogen) atoms. The number of likely N-dealkylation sites (tertiary alicyclic amines) is 1. The summed E-state index contributed by atoms with van der Waals surface area (Å²) in [5, 5.41) is 6.08. The number of thiophene rings is 1. The number of H-pyrrole nitrogens is 1. The molecule has 8 nitrogen and oxygen atoms in total. The molecule has 9 heteroatoms. The van der Waals surface area contributed by atoms with Crippen LogP contribution in [-0.4, -0.2) is 51.1 Å². The lowest BCUT2D eigenvalue weighted by Crippen LogP contribution is -2.51. The Morgan fingerprint density at radius 1 is 1.23 bits per heavy atom. The van der Waals surface area contributed by atoms with Crippen LogP contribution in [0.1, 0.15) is 38.6 Å². The van der Waals surface area contributed by atoms with Crippen molar-refractivity contribution in [3.63, 3.8) is 0 Å². The Bertz CT molecular complexity index is 1340.